The lowest BCUT2D eigenvalue weighted by atomic mass is 10.1. The van der Waals surface area contributed by atoms with Crippen molar-refractivity contribution < 1.29 is 5.11 Å². The normalized spacial score (nSPS) is 24.5. The van der Waals surface area contributed by atoms with Crippen LogP contribution < -0.4 is 5.32 Å². The third-order valence-corrected chi connectivity index (χ3v) is 4.56. The lowest BCUT2D eigenvalue weighted by Gasteiger charge is -2.32. The maximum Gasteiger partial charge on any atom is 0.0573 e. The van der Waals surface area contributed by atoms with Gasteiger partial charge in [0.1, 0.15) is 0 Å². The highest BCUT2D eigenvalue weighted by molar-refractivity contribution is 8.00. The van der Waals surface area contributed by atoms with Crippen molar-refractivity contribution in [3.05, 3.63) is 23.3 Å². The quantitative estimate of drug-likeness (QED) is 0.767. The minimum atomic E-state index is 0.228. The molecular weight excluding hydrogens is 206 g/mol. The molecule has 0 fully saturated rings. The van der Waals surface area contributed by atoms with Crippen molar-refractivity contribution in [2.75, 3.05) is 11.9 Å². The minimum Gasteiger partial charge on any atom is -0.395 e. The van der Waals surface area contributed by atoms with Gasteiger partial charge in [0.2, 0.25) is 0 Å². The highest BCUT2D eigenvalue weighted by atomic mass is 32.2. The minimum absolute atomic E-state index is 0.228. The maximum absolute atomic E-state index is 9.29. The summed E-state index contributed by atoms with van der Waals surface area (Å²) >= 11 is 1.79. The van der Waals surface area contributed by atoms with Crippen LogP contribution in [0.2, 0.25) is 0 Å². The third kappa shape index (κ3) is 1.86. The Morgan fingerprint density at radius 3 is 2.67 bits per heavy atom. The summed E-state index contributed by atoms with van der Waals surface area (Å²) in [6, 6.07) is 4.62. The van der Waals surface area contributed by atoms with Crippen molar-refractivity contribution in [3.63, 3.8) is 0 Å². The molecule has 2 unspecified atom stereocenters. The predicted molar refractivity (Wildman–Crippen MR) is 65.7 cm³/mol. The van der Waals surface area contributed by atoms with Gasteiger partial charge in [0.05, 0.1) is 17.5 Å². The molecule has 0 saturated heterocycles. The Morgan fingerprint density at radius 2 is 2.00 bits per heavy atom. The number of hydrogen-bond donors (Lipinski definition) is 2. The van der Waals surface area contributed by atoms with Gasteiger partial charge in [-0.15, -0.1) is 11.8 Å². The third-order valence-electron chi connectivity index (χ3n) is 2.94. The zero-order valence-electron chi connectivity index (χ0n) is 9.37. The molecule has 0 aliphatic carbocycles. The number of fused-ring (bicyclic) bond motifs is 1. The van der Waals surface area contributed by atoms with E-state index in [1.807, 2.05) is 0 Å². The molecule has 0 spiro atoms. The Balaban J connectivity index is 2.44. The largest absolute Gasteiger partial charge is 0.395 e. The Kier molecular flexibility index (Phi) is 2.94. The number of hydrogen-bond acceptors (Lipinski definition) is 3. The number of rotatable bonds is 1. The Labute approximate surface area is 95.1 Å². The standard InChI is InChI=1S/C12H17NOS/c1-7-4-5-8(2)12-11(7)13-9(3)10(6-14)15-12/h4-5,9-10,13-14H,6H2,1-3H3. The fourth-order valence-corrected chi connectivity index (χ4v) is 3.13. The molecule has 1 aliphatic rings. The van der Waals surface area contributed by atoms with Gasteiger partial charge in [-0.05, 0) is 31.9 Å². The molecule has 2 N–H and O–H groups in total. The summed E-state index contributed by atoms with van der Waals surface area (Å²) in [6.45, 7) is 6.60. The van der Waals surface area contributed by atoms with Crippen molar-refractivity contribution >= 4 is 17.4 Å². The van der Waals surface area contributed by atoms with Gasteiger partial charge in [-0.1, -0.05) is 12.1 Å². The number of thioether (sulfide) groups is 1. The predicted octanol–water partition coefficient (Wildman–Crippen LogP) is 2.57. The van der Waals surface area contributed by atoms with Crippen LogP contribution in [0.15, 0.2) is 17.0 Å². The first-order valence-corrected chi connectivity index (χ1v) is 6.15. The summed E-state index contributed by atoms with van der Waals surface area (Å²) in [6.07, 6.45) is 0. The van der Waals surface area contributed by atoms with Gasteiger partial charge in [0.15, 0.2) is 0 Å². The van der Waals surface area contributed by atoms with Gasteiger partial charge >= 0.3 is 0 Å². The van der Waals surface area contributed by atoms with E-state index >= 15 is 0 Å². The van der Waals surface area contributed by atoms with Crippen LogP contribution in [0, 0.1) is 13.8 Å². The van der Waals surface area contributed by atoms with Gasteiger partial charge in [-0.2, -0.15) is 0 Å². The smallest absolute Gasteiger partial charge is 0.0573 e. The van der Waals surface area contributed by atoms with E-state index in [-0.39, 0.29) is 11.9 Å². The van der Waals surface area contributed by atoms with Crippen molar-refractivity contribution in [2.45, 2.75) is 37.0 Å². The fraction of sp³-hybridized carbons (Fsp3) is 0.500. The van der Waals surface area contributed by atoms with E-state index in [2.05, 4.69) is 38.2 Å². The molecular formula is C12H17NOS. The molecule has 1 aromatic carbocycles. The molecule has 2 atom stereocenters. The van der Waals surface area contributed by atoms with Crippen LogP contribution in [0.25, 0.3) is 0 Å². The average molecular weight is 223 g/mol. The second-order valence-electron chi connectivity index (χ2n) is 4.18. The number of benzene rings is 1. The highest BCUT2D eigenvalue weighted by Crippen LogP contribution is 2.41. The first kappa shape index (κ1) is 10.8. The Morgan fingerprint density at radius 1 is 1.33 bits per heavy atom. The van der Waals surface area contributed by atoms with Crippen LogP contribution >= 0.6 is 11.8 Å². The topological polar surface area (TPSA) is 32.3 Å². The van der Waals surface area contributed by atoms with E-state index in [1.165, 1.54) is 21.7 Å². The number of anilines is 1. The first-order valence-electron chi connectivity index (χ1n) is 5.27. The van der Waals surface area contributed by atoms with Gasteiger partial charge in [-0.25, -0.2) is 0 Å². The lowest BCUT2D eigenvalue weighted by molar-refractivity contribution is 0.287. The number of aliphatic hydroxyl groups excluding tert-OH is 1. The van der Waals surface area contributed by atoms with Gasteiger partial charge in [-0.3, -0.25) is 0 Å². The van der Waals surface area contributed by atoms with Crippen LogP contribution in [-0.2, 0) is 0 Å². The van der Waals surface area contributed by atoms with E-state index in [0.717, 1.165) is 0 Å². The van der Waals surface area contributed by atoms with Crippen LogP contribution in [-0.4, -0.2) is 23.0 Å². The monoisotopic (exact) mass is 223 g/mol. The average Bonchev–Trinajstić information content (AvgIpc) is 2.23. The summed E-state index contributed by atoms with van der Waals surface area (Å²) in [4.78, 5) is 1.30. The van der Waals surface area contributed by atoms with E-state index < -0.39 is 0 Å². The van der Waals surface area contributed by atoms with Crippen molar-refractivity contribution in [2.24, 2.45) is 0 Å². The molecule has 0 bridgehead atoms. The molecule has 3 heteroatoms. The van der Waals surface area contributed by atoms with Crippen molar-refractivity contribution in [1.29, 1.82) is 0 Å². The number of nitrogens with one attached hydrogen (secondary N) is 1. The van der Waals surface area contributed by atoms with E-state index in [9.17, 15) is 5.11 Å². The van der Waals surface area contributed by atoms with E-state index in [4.69, 9.17) is 0 Å². The molecule has 1 aromatic rings. The molecule has 0 amide bonds. The van der Waals surface area contributed by atoms with E-state index in [0.29, 0.717) is 6.04 Å². The molecule has 82 valence electrons. The first-order chi connectivity index (χ1) is 7.13. The second-order valence-corrected chi connectivity index (χ2v) is 5.42. The van der Waals surface area contributed by atoms with Crippen molar-refractivity contribution in [3.8, 4) is 0 Å². The van der Waals surface area contributed by atoms with Crippen LogP contribution in [0.1, 0.15) is 18.1 Å². The molecule has 1 aliphatic heterocycles. The molecule has 1 heterocycles. The molecule has 0 radical (unpaired) electrons. The second kappa shape index (κ2) is 4.06. The SMILES string of the molecule is Cc1ccc(C)c2c1NC(C)C(CO)S2. The van der Waals surface area contributed by atoms with Gasteiger partial charge < -0.3 is 10.4 Å². The number of aryl methyl sites for hydroxylation is 2. The Hall–Kier alpha value is -0.670. The van der Waals surface area contributed by atoms with Crippen LogP contribution in [0.4, 0.5) is 5.69 Å². The Bertz CT molecular complexity index is 378. The van der Waals surface area contributed by atoms with Crippen LogP contribution in [0.3, 0.4) is 0 Å². The number of aliphatic hydroxyl groups is 1. The fourth-order valence-electron chi connectivity index (χ4n) is 1.89. The molecule has 0 aromatic heterocycles. The summed E-state index contributed by atoms with van der Waals surface area (Å²) in [5.74, 6) is 0. The van der Waals surface area contributed by atoms with Gasteiger partial charge in [0, 0.05) is 10.9 Å². The highest BCUT2D eigenvalue weighted by Gasteiger charge is 2.26. The van der Waals surface area contributed by atoms with E-state index in [1.54, 1.807) is 11.8 Å². The summed E-state index contributed by atoms with van der Waals surface area (Å²) in [7, 11) is 0. The summed E-state index contributed by atoms with van der Waals surface area (Å²) in [5, 5.41) is 13.0. The van der Waals surface area contributed by atoms with Crippen LogP contribution in [0.5, 0.6) is 0 Å². The maximum atomic E-state index is 9.29. The molecule has 2 rings (SSSR count). The molecule has 2 nitrogen and oxygen atoms in total. The summed E-state index contributed by atoms with van der Waals surface area (Å²) in [5.41, 5.74) is 3.82. The summed E-state index contributed by atoms with van der Waals surface area (Å²) < 4.78 is 0. The van der Waals surface area contributed by atoms with Gasteiger partial charge in [0.25, 0.3) is 0 Å². The zero-order valence-corrected chi connectivity index (χ0v) is 10.2. The lowest BCUT2D eigenvalue weighted by Crippen LogP contribution is -2.34. The molecule has 15 heavy (non-hydrogen) atoms. The van der Waals surface area contributed by atoms with Crippen molar-refractivity contribution in [1.82, 2.24) is 0 Å². The zero-order chi connectivity index (χ0) is 11.0. The molecule has 0 saturated carbocycles.